The molecule has 2 aromatic heterocycles. The largest absolute Gasteiger partial charge is 0.369 e. The number of piperazine rings is 1. The summed E-state index contributed by atoms with van der Waals surface area (Å²) in [7, 11) is 0. The Hall–Kier alpha value is -3.98. The summed E-state index contributed by atoms with van der Waals surface area (Å²) in [6.07, 6.45) is 5.56. The van der Waals surface area contributed by atoms with E-state index in [0.29, 0.717) is 12.2 Å². The normalized spacial score (nSPS) is 19.6. The molecule has 3 heterocycles. The van der Waals surface area contributed by atoms with Gasteiger partial charge in [0.15, 0.2) is 17.0 Å². The van der Waals surface area contributed by atoms with Gasteiger partial charge in [-0.25, -0.2) is 15.0 Å². The first-order chi connectivity index (χ1) is 17.7. The zero-order valence-electron chi connectivity index (χ0n) is 20.1. The highest BCUT2D eigenvalue weighted by molar-refractivity contribution is 5.85. The van der Waals surface area contributed by atoms with E-state index in [9.17, 15) is 4.79 Å². The third kappa shape index (κ3) is 4.74. The number of aromatic nitrogens is 4. The van der Waals surface area contributed by atoms with Gasteiger partial charge in [-0.15, -0.1) is 0 Å². The molecule has 1 amide bonds. The molecular weight excluding hydrogens is 452 g/mol. The van der Waals surface area contributed by atoms with Crippen LogP contribution < -0.4 is 20.9 Å². The van der Waals surface area contributed by atoms with Crippen LogP contribution in [0.3, 0.4) is 0 Å². The standard InChI is InChI=1S/C27H30N8O/c36-24(14-19-4-2-1-3-5-19)32-21-15-23(16-21)35-18-31-25-26(29-17-30-27(25)35)33-20-6-8-22(9-7-20)34-12-10-28-11-13-34/h1-9,17-18,21,23,28H,10-16H2,(H,32,36)(H,29,30,33). The molecule has 9 nitrogen and oxygen atoms in total. The summed E-state index contributed by atoms with van der Waals surface area (Å²) >= 11 is 0. The van der Waals surface area contributed by atoms with Gasteiger partial charge < -0.3 is 25.4 Å². The second kappa shape index (κ2) is 9.94. The number of carbonyl (C=O) groups is 1. The van der Waals surface area contributed by atoms with Crippen molar-refractivity contribution in [3.8, 4) is 0 Å². The molecule has 1 aliphatic heterocycles. The van der Waals surface area contributed by atoms with Crippen molar-refractivity contribution in [2.24, 2.45) is 0 Å². The Balaban J connectivity index is 1.08. The fourth-order valence-electron chi connectivity index (χ4n) is 5.02. The number of fused-ring (bicyclic) bond motifs is 1. The van der Waals surface area contributed by atoms with Crippen LogP contribution in [0.4, 0.5) is 17.2 Å². The van der Waals surface area contributed by atoms with Gasteiger partial charge in [0.25, 0.3) is 0 Å². The molecule has 2 aromatic carbocycles. The maximum Gasteiger partial charge on any atom is 0.224 e. The lowest BCUT2D eigenvalue weighted by molar-refractivity contribution is -0.121. The maximum absolute atomic E-state index is 12.4. The van der Waals surface area contributed by atoms with Crippen LogP contribution in [0.1, 0.15) is 24.4 Å². The molecule has 0 atom stereocenters. The van der Waals surface area contributed by atoms with Crippen molar-refractivity contribution >= 4 is 34.3 Å². The number of carbonyl (C=O) groups excluding carboxylic acids is 1. The number of rotatable bonds is 7. The molecule has 4 aromatic rings. The zero-order valence-corrected chi connectivity index (χ0v) is 20.1. The highest BCUT2D eigenvalue weighted by Crippen LogP contribution is 2.35. The SMILES string of the molecule is O=C(Cc1ccccc1)NC1CC(n2cnc3c(Nc4ccc(N5CCNCC5)cc4)ncnc32)C1. The molecular formula is C27H30N8O. The predicted molar refractivity (Wildman–Crippen MR) is 140 cm³/mol. The molecule has 2 fully saturated rings. The smallest absolute Gasteiger partial charge is 0.224 e. The van der Waals surface area contributed by atoms with E-state index in [0.717, 1.165) is 61.4 Å². The van der Waals surface area contributed by atoms with E-state index in [1.54, 1.807) is 6.33 Å². The Bertz CT molecular complexity index is 1330. The lowest BCUT2D eigenvalue weighted by Crippen LogP contribution is -2.45. The van der Waals surface area contributed by atoms with Crippen molar-refractivity contribution < 1.29 is 4.79 Å². The highest BCUT2D eigenvalue weighted by atomic mass is 16.1. The van der Waals surface area contributed by atoms with Gasteiger partial charge in [0.05, 0.1) is 12.7 Å². The topological polar surface area (TPSA) is 100 Å². The Labute approximate surface area is 210 Å². The van der Waals surface area contributed by atoms with Gasteiger partial charge in [-0.05, 0) is 42.7 Å². The summed E-state index contributed by atoms with van der Waals surface area (Å²) in [5.41, 5.74) is 4.79. The molecule has 6 rings (SSSR count). The second-order valence-electron chi connectivity index (χ2n) is 9.51. The van der Waals surface area contributed by atoms with Crippen LogP contribution in [0.5, 0.6) is 0 Å². The van der Waals surface area contributed by atoms with E-state index in [1.165, 1.54) is 5.69 Å². The van der Waals surface area contributed by atoms with Crippen LogP contribution in [0.2, 0.25) is 0 Å². The van der Waals surface area contributed by atoms with Crippen molar-refractivity contribution in [3.63, 3.8) is 0 Å². The first kappa shape index (κ1) is 22.5. The van der Waals surface area contributed by atoms with E-state index in [-0.39, 0.29) is 18.0 Å². The first-order valence-corrected chi connectivity index (χ1v) is 12.6. The van der Waals surface area contributed by atoms with Gasteiger partial charge in [-0.3, -0.25) is 4.79 Å². The Kier molecular flexibility index (Phi) is 6.21. The molecule has 0 unspecified atom stereocenters. The van der Waals surface area contributed by atoms with Crippen LogP contribution in [0.25, 0.3) is 11.2 Å². The monoisotopic (exact) mass is 482 g/mol. The van der Waals surface area contributed by atoms with Gasteiger partial charge in [0.1, 0.15) is 6.33 Å². The molecule has 0 bridgehead atoms. The fraction of sp³-hybridized carbons (Fsp3) is 0.333. The highest BCUT2D eigenvalue weighted by Gasteiger charge is 2.33. The molecule has 0 spiro atoms. The minimum Gasteiger partial charge on any atom is -0.369 e. The summed E-state index contributed by atoms with van der Waals surface area (Å²) in [5.74, 6) is 0.762. The third-order valence-electron chi connectivity index (χ3n) is 7.05. The summed E-state index contributed by atoms with van der Waals surface area (Å²) < 4.78 is 2.11. The molecule has 184 valence electrons. The van der Waals surface area contributed by atoms with Crippen molar-refractivity contribution in [3.05, 3.63) is 72.8 Å². The number of anilines is 3. The van der Waals surface area contributed by atoms with E-state index in [1.807, 2.05) is 36.7 Å². The van der Waals surface area contributed by atoms with Crippen LogP contribution in [0.15, 0.2) is 67.3 Å². The number of hydrogen-bond acceptors (Lipinski definition) is 7. The summed E-state index contributed by atoms with van der Waals surface area (Å²) in [5, 5.41) is 9.95. The molecule has 2 aliphatic rings. The molecule has 0 radical (unpaired) electrons. The van der Waals surface area contributed by atoms with Crippen LogP contribution in [-0.2, 0) is 11.2 Å². The molecule has 36 heavy (non-hydrogen) atoms. The molecule has 3 N–H and O–H groups in total. The molecule has 1 saturated carbocycles. The lowest BCUT2D eigenvalue weighted by Gasteiger charge is -2.36. The summed E-state index contributed by atoms with van der Waals surface area (Å²) in [6.45, 7) is 4.08. The number of benzene rings is 2. The van der Waals surface area contributed by atoms with E-state index in [2.05, 4.69) is 64.6 Å². The number of nitrogens with one attached hydrogen (secondary N) is 3. The number of imidazole rings is 1. The summed E-state index contributed by atoms with van der Waals surface area (Å²) in [4.78, 5) is 28.4. The Morgan fingerprint density at radius 1 is 0.972 bits per heavy atom. The average Bonchev–Trinajstić information content (AvgIpc) is 3.32. The van der Waals surface area contributed by atoms with Crippen LogP contribution >= 0.6 is 0 Å². The van der Waals surface area contributed by atoms with Gasteiger partial charge in [0, 0.05) is 49.6 Å². The van der Waals surface area contributed by atoms with Crippen molar-refractivity contribution in [2.45, 2.75) is 31.3 Å². The second-order valence-corrected chi connectivity index (χ2v) is 9.51. The lowest BCUT2D eigenvalue weighted by atomic mass is 9.86. The minimum atomic E-state index is 0.0666. The van der Waals surface area contributed by atoms with Gasteiger partial charge in [-0.2, -0.15) is 0 Å². The quantitative estimate of drug-likeness (QED) is 0.372. The maximum atomic E-state index is 12.4. The van der Waals surface area contributed by atoms with E-state index < -0.39 is 0 Å². The molecule has 9 heteroatoms. The number of hydrogen-bond donors (Lipinski definition) is 3. The number of nitrogens with zero attached hydrogens (tertiary/aromatic N) is 5. The van der Waals surface area contributed by atoms with Crippen molar-refractivity contribution in [1.82, 2.24) is 30.2 Å². The van der Waals surface area contributed by atoms with Gasteiger partial charge in [-0.1, -0.05) is 30.3 Å². The molecule has 1 saturated heterocycles. The van der Waals surface area contributed by atoms with Gasteiger partial charge >= 0.3 is 0 Å². The summed E-state index contributed by atoms with van der Waals surface area (Å²) in [6, 6.07) is 18.7. The van der Waals surface area contributed by atoms with Crippen LogP contribution in [0, 0.1) is 0 Å². The van der Waals surface area contributed by atoms with Crippen LogP contribution in [-0.4, -0.2) is 57.6 Å². The zero-order chi connectivity index (χ0) is 24.3. The Morgan fingerprint density at radius 2 is 1.75 bits per heavy atom. The minimum absolute atomic E-state index is 0.0666. The van der Waals surface area contributed by atoms with E-state index >= 15 is 0 Å². The fourth-order valence-corrected chi connectivity index (χ4v) is 5.02. The predicted octanol–water partition coefficient (Wildman–Crippen LogP) is 3.04. The average molecular weight is 483 g/mol. The van der Waals surface area contributed by atoms with Crippen molar-refractivity contribution in [2.75, 3.05) is 36.4 Å². The molecule has 1 aliphatic carbocycles. The number of amides is 1. The third-order valence-corrected chi connectivity index (χ3v) is 7.05. The first-order valence-electron chi connectivity index (χ1n) is 12.6. The Morgan fingerprint density at radius 3 is 2.53 bits per heavy atom. The van der Waals surface area contributed by atoms with Gasteiger partial charge in [0.2, 0.25) is 5.91 Å². The van der Waals surface area contributed by atoms with E-state index in [4.69, 9.17) is 0 Å². The van der Waals surface area contributed by atoms with Crippen molar-refractivity contribution in [1.29, 1.82) is 0 Å².